The zero-order chi connectivity index (χ0) is 26.5. The lowest BCUT2D eigenvalue weighted by Crippen LogP contribution is -2.32. The van der Waals surface area contributed by atoms with Crippen molar-refractivity contribution >= 4 is 33.0 Å². The van der Waals surface area contributed by atoms with E-state index in [2.05, 4.69) is 5.32 Å². The number of anilines is 2. The molecule has 3 aromatic carbocycles. The van der Waals surface area contributed by atoms with Crippen LogP contribution < -0.4 is 10.2 Å². The zero-order valence-electron chi connectivity index (χ0n) is 20.1. The van der Waals surface area contributed by atoms with Gasteiger partial charge >= 0.3 is 0 Å². The van der Waals surface area contributed by atoms with Crippen LogP contribution >= 0.6 is 0 Å². The van der Waals surface area contributed by atoms with Crippen molar-refractivity contribution in [1.29, 1.82) is 0 Å². The smallest absolute Gasteiger partial charge is 0.269 e. The summed E-state index contributed by atoms with van der Waals surface area (Å²) in [7, 11) is -0.253. The minimum Gasteiger partial charge on any atom is -0.377 e. The molecule has 11 heteroatoms. The van der Waals surface area contributed by atoms with Crippen molar-refractivity contribution in [1.82, 2.24) is 4.31 Å². The molecule has 0 bridgehead atoms. The minimum absolute atomic E-state index is 0.00798. The Balaban J connectivity index is 1.91. The number of sulfonamides is 1. The summed E-state index contributed by atoms with van der Waals surface area (Å²) in [6, 6.07) is 15.1. The second kappa shape index (κ2) is 11.3. The summed E-state index contributed by atoms with van der Waals surface area (Å²) >= 11 is 0. The summed E-state index contributed by atoms with van der Waals surface area (Å²) in [5, 5.41) is 13.6. The molecular weight excluding hydrogens is 487 g/mol. The highest BCUT2D eigenvalue weighted by molar-refractivity contribution is 7.89. The summed E-state index contributed by atoms with van der Waals surface area (Å²) < 4.78 is 41.3. The molecule has 0 aliphatic rings. The van der Waals surface area contributed by atoms with Crippen LogP contribution in [0, 0.1) is 15.9 Å². The van der Waals surface area contributed by atoms with Crippen molar-refractivity contribution in [3.63, 3.8) is 0 Å². The molecular formula is C25H27FN4O5S. The maximum absolute atomic E-state index is 13.4. The topological polar surface area (TPSA) is 113 Å². The highest BCUT2D eigenvalue weighted by Crippen LogP contribution is 2.28. The lowest BCUT2D eigenvalue weighted by molar-refractivity contribution is -0.384. The first-order chi connectivity index (χ1) is 17.0. The van der Waals surface area contributed by atoms with Gasteiger partial charge in [0.25, 0.3) is 11.6 Å². The molecule has 190 valence electrons. The third-order valence-electron chi connectivity index (χ3n) is 5.43. The van der Waals surface area contributed by atoms with Gasteiger partial charge in [0.1, 0.15) is 5.82 Å². The van der Waals surface area contributed by atoms with Crippen molar-refractivity contribution in [2.24, 2.45) is 0 Å². The van der Waals surface area contributed by atoms with E-state index in [-0.39, 0.29) is 29.2 Å². The third-order valence-corrected chi connectivity index (χ3v) is 7.29. The molecule has 0 fully saturated rings. The average molecular weight is 515 g/mol. The Morgan fingerprint density at radius 3 is 2.22 bits per heavy atom. The van der Waals surface area contributed by atoms with Crippen molar-refractivity contribution in [2.45, 2.75) is 24.8 Å². The Hall–Kier alpha value is -3.83. The lowest BCUT2D eigenvalue weighted by Gasteiger charge is -2.25. The highest BCUT2D eigenvalue weighted by atomic mass is 32.2. The fourth-order valence-electron chi connectivity index (χ4n) is 3.64. The fourth-order valence-corrected chi connectivity index (χ4v) is 5.15. The van der Waals surface area contributed by atoms with Crippen LogP contribution in [0.25, 0.3) is 0 Å². The zero-order valence-corrected chi connectivity index (χ0v) is 21.0. The normalized spacial score (nSPS) is 11.4. The molecule has 3 rings (SSSR count). The van der Waals surface area contributed by atoms with Gasteiger partial charge in [0, 0.05) is 56.3 Å². The fraction of sp³-hybridized carbons (Fsp3) is 0.240. The highest BCUT2D eigenvalue weighted by Gasteiger charge is 2.25. The first-order valence-corrected chi connectivity index (χ1v) is 12.6. The summed E-state index contributed by atoms with van der Waals surface area (Å²) in [4.78, 5) is 24.8. The van der Waals surface area contributed by atoms with Crippen LogP contribution in [-0.4, -0.2) is 44.2 Å². The molecule has 1 N–H and O–H groups in total. The van der Waals surface area contributed by atoms with Crippen molar-refractivity contribution in [3.05, 3.63) is 93.8 Å². The van der Waals surface area contributed by atoms with Gasteiger partial charge in [0.15, 0.2) is 0 Å². The van der Waals surface area contributed by atoms with Crippen molar-refractivity contribution in [3.8, 4) is 0 Å². The molecule has 0 aliphatic heterocycles. The molecule has 1 amide bonds. The molecule has 0 aliphatic carbocycles. The number of rotatable bonds is 10. The largest absolute Gasteiger partial charge is 0.377 e. The number of nitro groups is 1. The molecule has 0 spiro atoms. The van der Waals surface area contributed by atoms with Crippen LogP contribution in [0.3, 0.4) is 0 Å². The predicted octanol–water partition coefficient (Wildman–Crippen LogP) is 4.65. The van der Waals surface area contributed by atoms with Crippen molar-refractivity contribution < 1.29 is 22.5 Å². The minimum atomic E-state index is -3.90. The average Bonchev–Trinajstić information content (AvgIpc) is 2.84. The number of non-ortho nitro benzene ring substituents is 1. The number of hydrogen-bond donors (Lipinski definition) is 1. The van der Waals surface area contributed by atoms with E-state index in [4.69, 9.17) is 0 Å². The van der Waals surface area contributed by atoms with Gasteiger partial charge in [-0.15, -0.1) is 0 Å². The number of hydrogen-bond acceptors (Lipinski definition) is 6. The van der Waals surface area contributed by atoms with Crippen LogP contribution in [0.15, 0.2) is 71.6 Å². The molecule has 0 saturated heterocycles. The molecule has 0 atom stereocenters. The Morgan fingerprint density at radius 1 is 1.03 bits per heavy atom. The van der Waals surface area contributed by atoms with Crippen LogP contribution in [0.1, 0.15) is 29.3 Å². The van der Waals surface area contributed by atoms with E-state index in [0.717, 1.165) is 17.8 Å². The maximum Gasteiger partial charge on any atom is 0.269 e. The summed E-state index contributed by atoms with van der Waals surface area (Å²) in [5.74, 6) is -0.986. The summed E-state index contributed by atoms with van der Waals surface area (Å²) in [6.07, 6.45) is 0.564. The maximum atomic E-state index is 13.4. The number of carbonyl (C=O) groups is 1. The molecule has 0 heterocycles. The van der Waals surface area contributed by atoms with Gasteiger partial charge in [-0.05, 0) is 66.6 Å². The standard InChI is InChI=1S/C25H27FN4O5S/c1-4-15-29(36(34,35)23-12-7-20(26)8-13-23)17-19-16-21(9-14-24(19)28(2)3)27-25(31)18-5-10-22(11-6-18)30(32)33/h5-14,16H,4,15,17H2,1-3H3,(H,27,31). The first-order valence-electron chi connectivity index (χ1n) is 11.1. The van der Waals surface area contributed by atoms with Gasteiger partial charge in [-0.25, -0.2) is 12.8 Å². The van der Waals surface area contributed by atoms with Gasteiger partial charge in [0.05, 0.1) is 9.82 Å². The molecule has 0 unspecified atom stereocenters. The van der Waals surface area contributed by atoms with Crippen LogP contribution in [0.2, 0.25) is 0 Å². The van der Waals surface area contributed by atoms with Gasteiger partial charge in [-0.2, -0.15) is 4.31 Å². The number of halogens is 1. The predicted molar refractivity (Wildman–Crippen MR) is 136 cm³/mol. The van der Waals surface area contributed by atoms with E-state index in [1.54, 1.807) is 18.2 Å². The van der Waals surface area contributed by atoms with E-state index < -0.39 is 26.7 Å². The van der Waals surface area contributed by atoms with Crippen LogP contribution in [0.4, 0.5) is 21.5 Å². The van der Waals surface area contributed by atoms with E-state index in [1.807, 2.05) is 25.9 Å². The van der Waals surface area contributed by atoms with Crippen LogP contribution in [0.5, 0.6) is 0 Å². The Bertz CT molecular complexity index is 1340. The number of nitro benzene ring substituents is 1. The van der Waals surface area contributed by atoms with Gasteiger partial charge in [-0.3, -0.25) is 14.9 Å². The second-order valence-electron chi connectivity index (χ2n) is 8.29. The lowest BCUT2D eigenvalue weighted by atomic mass is 10.1. The van der Waals surface area contributed by atoms with E-state index in [9.17, 15) is 27.7 Å². The Morgan fingerprint density at radius 2 is 1.67 bits per heavy atom. The number of nitrogens with zero attached hydrogens (tertiary/aromatic N) is 3. The third kappa shape index (κ3) is 6.23. The molecule has 9 nitrogen and oxygen atoms in total. The van der Waals surface area contributed by atoms with Crippen LogP contribution in [-0.2, 0) is 16.6 Å². The SMILES string of the molecule is CCCN(Cc1cc(NC(=O)c2ccc([N+](=O)[O-])cc2)ccc1N(C)C)S(=O)(=O)c1ccc(F)cc1. The molecule has 0 aromatic heterocycles. The number of amides is 1. The van der Waals surface area contributed by atoms with E-state index in [1.165, 1.54) is 40.7 Å². The Kier molecular flexibility index (Phi) is 8.38. The summed E-state index contributed by atoms with van der Waals surface area (Å²) in [5.41, 5.74) is 1.97. The van der Waals surface area contributed by atoms with E-state index >= 15 is 0 Å². The van der Waals surface area contributed by atoms with Gasteiger partial charge in [0.2, 0.25) is 10.0 Å². The number of carbonyl (C=O) groups excluding carboxylic acids is 1. The monoisotopic (exact) mass is 514 g/mol. The molecule has 36 heavy (non-hydrogen) atoms. The van der Waals surface area contributed by atoms with Gasteiger partial charge in [-0.1, -0.05) is 6.92 Å². The van der Waals surface area contributed by atoms with E-state index in [0.29, 0.717) is 17.7 Å². The van der Waals surface area contributed by atoms with Gasteiger partial charge < -0.3 is 10.2 Å². The number of benzene rings is 3. The Labute approximate surface area is 209 Å². The quantitative estimate of drug-likeness (QED) is 0.311. The molecule has 0 saturated carbocycles. The summed E-state index contributed by atoms with van der Waals surface area (Å²) in [6.45, 7) is 2.13. The second-order valence-corrected chi connectivity index (χ2v) is 10.2. The molecule has 0 radical (unpaired) electrons. The first kappa shape index (κ1) is 26.8. The molecule has 3 aromatic rings. The van der Waals surface area contributed by atoms with Crippen molar-refractivity contribution in [2.75, 3.05) is 30.9 Å². The number of nitrogens with one attached hydrogen (secondary N) is 1.